The molecule has 1 N–H and O–H groups in total. The minimum Gasteiger partial charge on any atom is -0.456 e. The highest BCUT2D eigenvalue weighted by Crippen LogP contribution is 2.31. The van der Waals surface area contributed by atoms with Gasteiger partial charge in [0.25, 0.3) is 5.91 Å². The standard InChI is InChI=1S/C21H19N3O4/c1-12-8-9-15(10-13(12)2)24-19(25)16-17(20(24)26)22-23-18(16)21(27)28-11-14-6-4-3-5-7-14/h3-10,16-17,22H,11H2,1-2H3. The van der Waals surface area contributed by atoms with Crippen molar-refractivity contribution in [2.75, 3.05) is 4.90 Å². The van der Waals surface area contributed by atoms with E-state index < -0.39 is 29.7 Å². The minimum absolute atomic E-state index is 0.0642. The number of anilines is 1. The van der Waals surface area contributed by atoms with Crippen LogP contribution in [0.4, 0.5) is 5.69 Å². The van der Waals surface area contributed by atoms with Crippen molar-refractivity contribution < 1.29 is 19.1 Å². The number of hydrogen-bond acceptors (Lipinski definition) is 6. The number of amides is 2. The Morgan fingerprint density at radius 3 is 2.54 bits per heavy atom. The molecule has 2 amide bonds. The molecule has 0 aliphatic carbocycles. The number of hydrogen-bond donors (Lipinski definition) is 1. The lowest BCUT2D eigenvalue weighted by Gasteiger charge is -2.17. The molecule has 2 atom stereocenters. The molecule has 2 heterocycles. The van der Waals surface area contributed by atoms with Gasteiger partial charge in [-0.3, -0.25) is 15.0 Å². The van der Waals surface area contributed by atoms with Gasteiger partial charge >= 0.3 is 5.97 Å². The van der Waals surface area contributed by atoms with Crippen LogP contribution < -0.4 is 10.3 Å². The normalized spacial score (nSPS) is 20.6. The maximum Gasteiger partial charge on any atom is 0.355 e. The van der Waals surface area contributed by atoms with Gasteiger partial charge in [-0.2, -0.15) is 5.10 Å². The van der Waals surface area contributed by atoms with Crippen LogP contribution in [-0.4, -0.2) is 29.5 Å². The molecule has 2 unspecified atom stereocenters. The van der Waals surface area contributed by atoms with Gasteiger partial charge < -0.3 is 4.74 Å². The van der Waals surface area contributed by atoms with Crippen LogP contribution in [0.25, 0.3) is 0 Å². The molecule has 1 fully saturated rings. The fourth-order valence-electron chi connectivity index (χ4n) is 3.37. The number of benzene rings is 2. The number of carbonyl (C=O) groups is 3. The van der Waals surface area contributed by atoms with Crippen molar-refractivity contribution >= 4 is 29.2 Å². The van der Waals surface area contributed by atoms with Crippen LogP contribution in [-0.2, 0) is 25.7 Å². The summed E-state index contributed by atoms with van der Waals surface area (Å²) in [5.74, 6) is -2.57. The highest BCUT2D eigenvalue weighted by molar-refractivity contribution is 6.46. The molecule has 7 nitrogen and oxygen atoms in total. The number of carbonyl (C=O) groups excluding carboxylic acids is 3. The van der Waals surface area contributed by atoms with E-state index in [1.54, 1.807) is 12.1 Å². The topological polar surface area (TPSA) is 88.1 Å². The van der Waals surface area contributed by atoms with Gasteiger partial charge in [-0.15, -0.1) is 0 Å². The number of aryl methyl sites for hydroxylation is 2. The first-order chi connectivity index (χ1) is 13.5. The Morgan fingerprint density at radius 1 is 1.07 bits per heavy atom. The first-order valence-corrected chi connectivity index (χ1v) is 8.96. The lowest BCUT2D eigenvalue weighted by molar-refractivity contribution is -0.137. The van der Waals surface area contributed by atoms with E-state index in [1.165, 1.54) is 0 Å². The number of nitrogens with zero attached hydrogens (tertiary/aromatic N) is 2. The Balaban J connectivity index is 1.53. The molecule has 2 aromatic carbocycles. The summed E-state index contributed by atoms with van der Waals surface area (Å²) in [5, 5.41) is 3.92. The average molecular weight is 377 g/mol. The molecular weight excluding hydrogens is 358 g/mol. The fourth-order valence-corrected chi connectivity index (χ4v) is 3.37. The van der Waals surface area contributed by atoms with Crippen molar-refractivity contribution in [2.24, 2.45) is 11.0 Å². The van der Waals surface area contributed by atoms with E-state index in [-0.39, 0.29) is 12.3 Å². The van der Waals surface area contributed by atoms with E-state index >= 15 is 0 Å². The molecule has 2 aliphatic rings. The highest BCUT2D eigenvalue weighted by atomic mass is 16.5. The molecule has 0 spiro atoms. The van der Waals surface area contributed by atoms with Gasteiger partial charge in [-0.05, 0) is 42.7 Å². The summed E-state index contributed by atoms with van der Waals surface area (Å²) >= 11 is 0. The molecule has 28 heavy (non-hydrogen) atoms. The second kappa shape index (κ2) is 6.92. The summed E-state index contributed by atoms with van der Waals surface area (Å²) in [6.45, 7) is 3.94. The third-order valence-electron chi connectivity index (χ3n) is 5.10. The fraction of sp³-hybridized carbons (Fsp3) is 0.238. The van der Waals surface area contributed by atoms with Gasteiger partial charge in [0.1, 0.15) is 18.6 Å². The number of ether oxygens (including phenoxy) is 1. The van der Waals surface area contributed by atoms with E-state index in [4.69, 9.17) is 4.74 Å². The highest BCUT2D eigenvalue weighted by Gasteiger charge is 2.55. The van der Waals surface area contributed by atoms with Gasteiger partial charge in [0.15, 0.2) is 5.71 Å². The Hall–Kier alpha value is -3.48. The third kappa shape index (κ3) is 2.94. The Morgan fingerprint density at radius 2 is 1.82 bits per heavy atom. The lowest BCUT2D eigenvalue weighted by atomic mass is 9.99. The summed E-state index contributed by atoms with van der Waals surface area (Å²) < 4.78 is 5.29. The Labute approximate surface area is 162 Å². The van der Waals surface area contributed by atoms with Crippen molar-refractivity contribution in [1.82, 2.24) is 5.43 Å². The van der Waals surface area contributed by atoms with E-state index in [9.17, 15) is 14.4 Å². The molecule has 142 valence electrons. The first-order valence-electron chi connectivity index (χ1n) is 8.96. The summed E-state index contributed by atoms with van der Waals surface area (Å²) in [7, 11) is 0. The predicted octanol–water partition coefficient (Wildman–Crippen LogP) is 1.86. The molecule has 4 rings (SSSR count). The number of esters is 1. The van der Waals surface area contributed by atoms with Gasteiger partial charge in [0.2, 0.25) is 5.91 Å². The van der Waals surface area contributed by atoms with Crippen molar-refractivity contribution in [3.8, 4) is 0 Å². The summed E-state index contributed by atoms with van der Waals surface area (Å²) in [6, 6.07) is 13.7. The Kier molecular flexibility index (Phi) is 4.43. The molecule has 0 radical (unpaired) electrons. The SMILES string of the molecule is Cc1ccc(N2C(=O)C3NN=C(C(=O)OCc4ccccc4)C3C2=O)cc1C. The quantitative estimate of drug-likeness (QED) is 0.649. The first kappa shape index (κ1) is 17.9. The summed E-state index contributed by atoms with van der Waals surface area (Å²) in [5.41, 5.74) is 5.91. The number of hydrazone groups is 1. The minimum atomic E-state index is -0.975. The molecule has 0 aromatic heterocycles. The maximum atomic E-state index is 13.0. The average Bonchev–Trinajstić information content (AvgIpc) is 3.24. The molecule has 0 saturated carbocycles. The summed E-state index contributed by atoms with van der Waals surface area (Å²) in [6.07, 6.45) is 0. The molecule has 1 saturated heterocycles. The predicted molar refractivity (Wildman–Crippen MR) is 102 cm³/mol. The number of fused-ring (bicyclic) bond motifs is 1. The molecule has 7 heteroatoms. The lowest BCUT2D eigenvalue weighted by Crippen LogP contribution is -2.36. The molecular formula is C21H19N3O4. The third-order valence-corrected chi connectivity index (χ3v) is 5.10. The van der Waals surface area contributed by atoms with Gasteiger partial charge in [-0.25, -0.2) is 9.69 Å². The summed E-state index contributed by atoms with van der Waals surface area (Å²) in [4.78, 5) is 39.3. The number of nitrogens with one attached hydrogen (secondary N) is 1. The molecule has 2 aromatic rings. The van der Waals surface area contributed by atoms with Crippen LogP contribution in [0, 0.1) is 19.8 Å². The van der Waals surface area contributed by atoms with E-state index in [0.717, 1.165) is 21.6 Å². The van der Waals surface area contributed by atoms with Crippen molar-refractivity contribution in [2.45, 2.75) is 26.5 Å². The maximum absolute atomic E-state index is 13.0. The van der Waals surface area contributed by atoms with E-state index in [2.05, 4.69) is 10.5 Å². The van der Waals surface area contributed by atoms with Crippen LogP contribution in [0.1, 0.15) is 16.7 Å². The smallest absolute Gasteiger partial charge is 0.355 e. The molecule has 0 bridgehead atoms. The van der Waals surface area contributed by atoms with Crippen LogP contribution in [0.15, 0.2) is 53.6 Å². The second-order valence-electron chi connectivity index (χ2n) is 6.92. The van der Waals surface area contributed by atoms with Crippen molar-refractivity contribution in [3.63, 3.8) is 0 Å². The van der Waals surface area contributed by atoms with Crippen molar-refractivity contribution in [3.05, 3.63) is 65.2 Å². The zero-order valence-corrected chi connectivity index (χ0v) is 15.5. The largest absolute Gasteiger partial charge is 0.456 e. The Bertz CT molecular complexity index is 1000. The van der Waals surface area contributed by atoms with Crippen LogP contribution in [0.2, 0.25) is 0 Å². The van der Waals surface area contributed by atoms with Crippen LogP contribution in [0.5, 0.6) is 0 Å². The van der Waals surface area contributed by atoms with Gasteiger partial charge in [0, 0.05) is 0 Å². The van der Waals surface area contributed by atoms with E-state index in [1.807, 2.05) is 50.2 Å². The van der Waals surface area contributed by atoms with Crippen LogP contribution >= 0.6 is 0 Å². The zero-order valence-electron chi connectivity index (χ0n) is 15.5. The van der Waals surface area contributed by atoms with Gasteiger partial charge in [0.05, 0.1) is 5.69 Å². The number of rotatable bonds is 4. The van der Waals surface area contributed by atoms with E-state index in [0.29, 0.717) is 5.69 Å². The van der Waals surface area contributed by atoms with Gasteiger partial charge in [-0.1, -0.05) is 36.4 Å². The zero-order chi connectivity index (χ0) is 19.8. The molecule has 2 aliphatic heterocycles. The van der Waals surface area contributed by atoms with Crippen molar-refractivity contribution in [1.29, 1.82) is 0 Å². The second-order valence-corrected chi connectivity index (χ2v) is 6.92. The number of imide groups is 1. The van der Waals surface area contributed by atoms with Crippen LogP contribution in [0.3, 0.4) is 0 Å². The monoisotopic (exact) mass is 377 g/mol.